The zero-order valence-corrected chi connectivity index (χ0v) is 13.1. The highest BCUT2D eigenvalue weighted by Crippen LogP contribution is 2.23. The number of methoxy groups -OCH3 is 1. The Hall–Kier alpha value is -2.00. The van der Waals surface area contributed by atoms with Crippen molar-refractivity contribution in [3.8, 4) is 5.75 Å². The first kappa shape index (κ1) is 15.4. The number of aryl methyl sites for hydroxylation is 1. The molecule has 0 spiro atoms. The number of halogens is 1. The predicted molar refractivity (Wildman–Crippen MR) is 85.1 cm³/mol. The first-order valence-electron chi connectivity index (χ1n) is 6.72. The molecule has 0 saturated carbocycles. The lowest BCUT2D eigenvalue weighted by atomic mass is 10.1. The zero-order chi connectivity index (χ0) is 15.4. The Balaban J connectivity index is 2.17. The van der Waals surface area contributed by atoms with Crippen LogP contribution in [0.15, 0.2) is 42.5 Å². The number of hydrogen-bond acceptors (Lipinski definition) is 2. The van der Waals surface area contributed by atoms with Crippen molar-refractivity contribution in [2.24, 2.45) is 0 Å². The third kappa shape index (κ3) is 3.76. The number of amides is 1. The second-order valence-corrected chi connectivity index (χ2v) is 5.39. The summed E-state index contributed by atoms with van der Waals surface area (Å²) in [6.07, 6.45) is 0. The van der Waals surface area contributed by atoms with Crippen molar-refractivity contribution in [3.05, 3.63) is 64.2 Å². The maximum Gasteiger partial charge on any atom is 0.255 e. The lowest BCUT2D eigenvalue weighted by Crippen LogP contribution is -2.27. The summed E-state index contributed by atoms with van der Waals surface area (Å²) >= 11 is 5.95. The Kier molecular flexibility index (Phi) is 4.86. The van der Waals surface area contributed by atoms with Gasteiger partial charge in [0.05, 0.1) is 18.7 Å². The molecule has 1 amide bonds. The molecule has 2 aromatic rings. The molecule has 21 heavy (non-hydrogen) atoms. The smallest absolute Gasteiger partial charge is 0.255 e. The van der Waals surface area contributed by atoms with Crippen LogP contribution in [-0.2, 0) is 0 Å². The first-order valence-corrected chi connectivity index (χ1v) is 7.10. The summed E-state index contributed by atoms with van der Waals surface area (Å²) < 4.78 is 5.20. The third-order valence-corrected chi connectivity index (χ3v) is 3.57. The molecule has 0 fully saturated rings. The lowest BCUT2D eigenvalue weighted by Gasteiger charge is -2.16. The van der Waals surface area contributed by atoms with Gasteiger partial charge in [0.25, 0.3) is 5.91 Å². The van der Waals surface area contributed by atoms with Gasteiger partial charge in [0.1, 0.15) is 5.75 Å². The van der Waals surface area contributed by atoms with Gasteiger partial charge in [0.2, 0.25) is 0 Å². The maximum absolute atomic E-state index is 12.4. The van der Waals surface area contributed by atoms with Crippen LogP contribution < -0.4 is 10.1 Å². The van der Waals surface area contributed by atoms with Gasteiger partial charge in [-0.3, -0.25) is 4.79 Å². The molecule has 0 bridgehead atoms. The van der Waals surface area contributed by atoms with Gasteiger partial charge in [0.15, 0.2) is 0 Å². The fourth-order valence-corrected chi connectivity index (χ4v) is 2.24. The van der Waals surface area contributed by atoms with Gasteiger partial charge >= 0.3 is 0 Å². The van der Waals surface area contributed by atoms with E-state index in [1.165, 1.54) is 12.7 Å². The molecular weight excluding hydrogens is 286 g/mol. The largest absolute Gasteiger partial charge is 0.496 e. The summed E-state index contributed by atoms with van der Waals surface area (Å²) in [6.45, 7) is 3.98. The number of benzene rings is 2. The number of carbonyl (C=O) groups is 1. The molecule has 110 valence electrons. The molecule has 0 saturated heterocycles. The molecule has 4 heteroatoms. The van der Waals surface area contributed by atoms with Crippen LogP contribution in [0.2, 0.25) is 5.02 Å². The molecular formula is C17H18ClNO2. The summed E-state index contributed by atoms with van der Waals surface area (Å²) in [6, 6.07) is 13.0. The highest BCUT2D eigenvalue weighted by molar-refractivity contribution is 6.31. The van der Waals surface area contributed by atoms with Crippen LogP contribution in [0, 0.1) is 6.92 Å². The number of hydrogen-bond donors (Lipinski definition) is 1. The van der Waals surface area contributed by atoms with E-state index in [4.69, 9.17) is 16.3 Å². The van der Waals surface area contributed by atoms with E-state index in [9.17, 15) is 4.79 Å². The molecule has 1 atom stereocenters. The molecule has 2 rings (SSSR count). The fourth-order valence-electron chi connectivity index (χ4n) is 2.07. The van der Waals surface area contributed by atoms with Crippen molar-refractivity contribution in [1.29, 1.82) is 0 Å². The summed E-state index contributed by atoms with van der Waals surface area (Å²) in [5.74, 6) is 0.301. The van der Waals surface area contributed by atoms with Crippen molar-refractivity contribution < 1.29 is 9.53 Å². The van der Waals surface area contributed by atoms with Gasteiger partial charge in [-0.2, -0.15) is 0 Å². The predicted octanol–water partition coefficient (Wildman–Crippen LogP) is 4.15. The lowest BCUT2D eigenvalue weighted by molar-refractivity contribution is 0.0937. The molecule has 1 unspecified atom stereocenters. The molecule has 0 heterocycles. The van der Waals surface area contributed by atoms with Gasteiger partial charge < -0.3 is 10.1 Å². The van der Waals surface area contributed by atoms with E-state index in [1.54, 1.807) is 18.2 Å². The molecule has 0 aliphatic carbocycles. The molecule has 2 aromatic carbocycles. The quantitative estimate of drug-likeness (QED) is 0.921. The standard InChI is InChI=1S/C17H18ClNO2/c1-11-4-6-13(7-5-11)12(2)19-17(20)15-10-14(18)8-9-16(15)21-3/h4-10,12H,1-3H3,(H,19,20). The van der Waals surface area contributed by atoms with Crippen LogP contribution in [0.5, 0.6) is 5.75 Å². The number of ether oxygens (including phenoxy) is 1. The van der Waals surface area contributed by atoms with Crippen molar-refractivity contribution in [1.82, 2.24) is 5.32 Å². The normalized spacial score (nSPS) is 11.8. The van der Waals surface area contributed by atoms with Gasteiger partial charge in [-0.25, -0.2) is 0 Å². The summed E-state index contributed by atoms with van der Waals surface area (Å²) in [4.78, 5) is 12.4. The summed E-state index contributed by atoms with van der Waals surface area (Å²) in [5.41, 5.74) is 2.67. The topological polar surface area (TPSA) is 38.3 Å². The van der Waals surface area contributed by atoms with Crippen LogP contribution in [-0.4, -0.2) is 13.0 Å². The Bertz CT molecular complexity index is 638. The highest BCUT2D eigenvalue weighted by atomic mass is 35.5. The van der Waals surface area contributed by atoms with Crippen LogP contribution in [0.3, 0.4) is 0 Å². The average Bonchev–Trinajstić information content (AvgIpc) is 2.47. The number of carbonyl (C=O) groups excluding carboxylic acids is 1. The molecule has 0 aliphatic heterocycles. The van der Waals surface area contributed by atoms with E-state index in [0.717, 1.165) is 5.56 Å². The molecule has 0 radical (unpaired) electrons. The Labute approximate surface area is 129 Å². The average molecular weight is 304 g/mol. The van der Waals surface area contributed by atoms with Gasteiger partial charge in [-0.05, 0) is 37.6 Å². The Morgan fingerprint density at radius 3 is 2.48 bits per heavy atom. The maximum atomic E-state index is 12.4. The second kappa shape index (κ2) is 6.64. The minimum absolute atomic E-state index is 0.0956. The fraction of sp³-hybridized carbons (Fsp3) is 0.235. The Morgan fingerprint density at radius 2 is 1.86 bits per heavy atom. The first-order chi connectivity index (χ1) is 10.0. The van der Waals surface area contributed by atoms with Crippen molar-refractivity contribution in [2.45, 2.75) is 19.9 Å². The SMILES string of the molecule is COc1ccc(Cl)cc1C(=O)NC(C)c1ccc(C)cc1. The van der Waals surface area contributed by atoms with Gasteiger partial charge in [0, 0.05) is 5.02 Å². The summed E-state index contributed by atoms with van der Waals surface area (Å²) in [7, 11) is 1.53. The van der Waals surface area contributed by atoms with Crippen LogP contribution in [0.1, 0.15) is 34.5 Å². The van der Waals surface area contributed by atoms with E-state index in [0.29, 0.717) is 16.3 Å². The number of rotatable bonds is 4. The van der Waals surface area contributed by atoms with E-state index in [2.05, 4.69) is 5.32 Å². The minimum atomic E-state index is -0.206. The van der Waals surface area contributed by atoms with Crippen molar-refractivity contribution in [2.75, 3.05) is 7.11 Å². The van der Waals surface area contributed by atoms with E-state index >= 15 is 0 Å². The molecule has 0 aromatic heterocycles. The van der Waals surface area contributed by atoms with E-state index in [1.807, 2.05) is 38.1 Å². The van der Waals surface area contributed by atoms with Crippen molar-refractivity contribution in [3.63, 3.8) is 0 Å². The monoisotopic (exact) mass is 303 g/mol. The molecule has 1 N–H and O–H groups in total. The van der Waals surface area contributed by atoms with Crippen LogP contribution in [0.25, 0.3) is 0 Å². The molecule has 0 aliphatic rings. The Morgan fingerprint density at radius 1 is 1.19 bits per heavy atom. The molecule has 3 nitrogen and oxygen atoms in total. The highest BCUT2D eigenvalue weighted by Gasteiger charge is 2.16. The number of nitrogens with one attached hydrogen (secondary N) is 1. The zero-order valence-electron chi connectivity index (χ0n) is 12.3. The van der Waals surface area contributed by atoms with Gasteiger partial charge in [-0.1, -0.05) is 41.4 Å². The van der Waals surface area contributed by atoms with E-state index < -0.39 is 0 Å². The van der Waals surface area contributed by atoms with Crippen molar-refractivity contribution >= 4 is 17.5 Å². The van der Waals surface area contributed by atoms with Gasteiger partial charge in [-0.15, -0.1) is 0 Å². The minimum Gasteiger partial charge on any atom is -0.496 e. The second-order valence-electron chi connectivity index (χ2n) is 4.95. The van der Waals surface area contributed by atoms with Crippen LogP contribution in [0.4, 0.5) is 0 Å². The third-order valence-electron chi connectivity index (χ3n) is 3.33. The summed E-state index contributed by atoms with van der Waals surface area (Å²) in [5, 5.41) is 3.46. The van der Waals surface area contributed by atoms with E-state index in [-0.39, 0.29) is 11.9 Å². The van der Waals surface area contributed by atoms with Crippen LogP contribution >= 0.6 is 11.6 Å².